The summed E-state index contributed by atoms with van der Waals surface area (Å²) in [5.41, 5.74) is 1.02. The number of rotatable bonds is 5. The number of nitrogens with zero attached hydrogens (tertiary/aromatic N) is 2. The Bertz CT molecular complexity index is 496. The minimum Gasteiger partial charge on any atom is -0.392 e. The zero-order valence-electron chi connectivity index (χ0n) is 13.7. The number of carbonyl (C=O) groups excluding carboxylic acids is 1. The molecule has 2 heterocycles. The lowest BCUT2D eigenvalue weighted by molar-refractivity contribution is -0.124. The Labute approximate surface area is 132 Å². The van der Waals surface area contributed by atoms with Gasteiger partial charge in [0, 0.05) is 24.8 Å². The Morgan fingerprint density at radius 2 is 2.09 bits per heavy atom. The van der Waals surface area contributed by atoms with Crippen molar-refractivity contribution in [1.82, 2.24) is 10.3 Å². The number of piperidine rings is 1. The van der Waals surface area contributed by atoms with Gasteiger partial charge in [0.25, 0.3) is 0 Å². The molecule has 5 nitrogen and oxygen atoms in total. The van der Waals surface area contributed by atoms with Crippen LogP contribution in [0.25, 0.3) is 0 Å². The fourth-order valence-corrected chi connectivity index (χ4v) is 2.67. The first-order valence-electron chi connectivity index (χ1n) is 8.11. The third-order valence-electron chi connectivity index (χ3n) is 4.22. The monoisotopic (exact) mass is 305 g/mol. The normalized spacial score (nSPS) is 17.6. The third-order valence-corrected chi connectivity index (χ3v) is 4.22. The molecule has 1 unspecified atom stereocenters. The van der Waals surface area contributed by atoms with E-state index in [2.05, 4.69) is 15.2 Å². The second-order valence-electron chi connectivity index (χ2n) is 6.48. The van der Waals surface area contributed by atoms with Crippen molar-refractivity contribution in [2.45, 2.75) is 52.2 Å². The van der Waals surface area contributed by atoms with E-state index in [1.54, 1.807) is 0 Å². The van der Waals surface area contributed by atoms with Gasteiger partial charge in [-0.3, -0.25) is 4.79 Å². The van der Waals surface area contributed by atoms with Crippen LogP contribution in [-0.2, 0) is 4.79 Å². The molecule has 0 spiro atoms. The van der Waals surface area contributed by atoms with Crippen LogP contribution in [-0.4, -0.2) is 41.2 Å². The molecule has 122 valence electrons. The topological polar surface area (TPSA) is 65.5 Å². The van der Waals surface area contributed by atoms with Crippen molar-refractivity contribution in [3.8, 4) is 0 Å². The van der Waals surface area contributed by atoms with Crippen molar-refractivity contribution in [2.75, 3.05) is 18.0 Å². The smallest absolute Gasteiger partial charge is 0.222 e. The van der Waals surface area contributed by atoms with E-state index in [1.807, 2.05) is 39.0 Å². The van der Waals surface area contributed by atoms with E-state index in [1.165, 1.54) is 0 Å². The van der Waals surface area contributed by atoms with E-state index in [0.29, 0.717) is 0 Å². The van der Waals surface area contributed by atoms with Gasteiger partial charge in [0.15, 0.2) is 0 Å². The van der Waals surface area contributed by atoms with E-state index in [0.717, 1.165) is 37.4 Å². The molecule has 1 aliphatic rings. The molecule has 22 heavy (non-hydrogen) atoms. The van der Waals surface area contributed by atoms with Crippen molar-refractivity contribution in [1.29, 1.82) is 0 Å². The minimum absolute atomic E-state index is 0.0478. The van der Waals surface area contributed by atoms with E-state index < -0.39 is 6.10 Å². The highest BCUT2D eigenvalue weighted by Gasteiger charge is 2.23. The van der Waals surface area contributed by atoms with Crippen LogP contribution in [0.1, 0.15) is 38.8 Å². The molecule has 1 aromatic rings. The first-order chi connectivity index (χ1) is 10.5. The summed E-state index contributed by atoms with van der Waals surface area (Å²) >= 11 is 0. The average Bonchev–Trinajstić information content (AvgIpc) is 2.47. The van der Waals surface area contributed by atoms with E-state index in [9.17, 15) is 9.90 Å². The number of aryl methyl sites for hydroxylation is 1. The minimum atomic E-state index is -0.559. The van der Waals surface area contributed by atoms with Crippen LogP contribution in [0.5, 0.6) is 0 Å². The number of nitrogens with one attached hydrogen (secondary N) is 1. The predicted molar refractivity (Wildman–Crippen MR) is 87.8 cm³/mol. The van der Waals surface area contributed by atoms with Crippen LogP contribution in [0, 0.1) is 12.8 Å². The highest BCUT2D eigenvalue weighted by Crippen LogP contribution is 2.18. The molecule has 0 saturated carbocycles. The lowest BCUT2D eigenvalue weighted by Gasteiger charge is -2.33. The van der Waals surface area contributed by atoms with Crippen LogP contribution < -0.4 is 10.2 Å². The quantitative estimate of drug-likeness (QED) is 0.872. The summed E-state index contributed by atoms with van der Waals surface area (Å²) in [4.78, 5) is 18.7. The number of aliphatic hydroxyl groups excluding tert-OH is 1. The molecule has 1 atom stereocenters. The van der Waals surface area contributed by atoms with Gasteiger partial charge in [-0.15, -0.1) is 0 Å². The van der Waals surface area contributed by atoms with Crippen molar-refractivity contribution < 1.29 is 9.90 Å². The van der Waals surface area contributed by atoms with Crippen molar-refractivity contribution >= 4 is 11.7 Å². The Morgan fingerprint density at radius 1 is 1.41 bits per heavy atom. The molecule has 1 aliphatic heterocycles. The number of hydrogen-bond acceptors (Lipinski definition) is 4. The molecule has 1 amide bonds. The first kappa shape index (κ1) is 16.7. The highest BCUT2D eigenvalue weighted by molar-refractivity contribution is 5.76. The first-order valence-corrected chi connectivity index (χ1v) is 8.11. The number of amides is 1. The fraction of sp³-hybridized carbons (Fsp3) is 0.647. The van der Waals surface area contributed by atoms with Gasteiger partial charge in [-0.25, -0.2) is 4.98 Å². The molecule has 1 fully saturated rings. The van der Waals surface area contributed by atoms with Crippen molar-refractivity contribution in [2.24, 2.45) is 5.92 Å². The van der Waals surface area contributed by atoms with E-state index in [4.69, 9.17) is 0 Å². The number of carbonyl (C=O) groups is 1. The van der Waals surface area contributed by atoms with Gasteiger partial charge in [0.2, 0.25) is 5.91 Å². The third kappa shape index (κ3) is 4.70. The lowest BCUT2D eigenvalue weighted by atomic mass is 10.0. The summed E-state index contributed by atoms with van der Waals surface area (Å²) < 4.78 is 0. The molecule has 2 rings (SSSR count). The summed E-state index contributed by atoms with van der Waals surface area (Å²) in [6.07, 6.45) is 1.46. The molecule has 0 aliphatic carbocycles. The van der Waals surface area contributed by atoms with Crippen LogP contribution >= 0.6 is 0 Å². The summed E-state index contributed by atoms with van der Waals surface area (Å²) in [7, 11) is 0. The molecular weight excluding hydrogens is 278 g/mol. The largest absolute Gasteiger partial charge is 0.392 e. The average molecular weight is 305 g/mol. The van der Waals surface area contributed by atoms with Gasteiger partial charge in [-0.1, -0.05) is 19.9 Å². The Kier molecular flexibility index (Phi) is 5.77. The summed E-state index contributed by atoms with van der Waals surface area (Å²) in [6.45, 7) is 7.63. The molecular formula is C17H27N3O2. The number of aliphatic hydroxyl groups is 1. The summed E-state index contributed by atoms with van der Waals surface area (Å²) in [5, 5.41) is 12.8. The van der Waals surface area contributed by atoms with E-state index >= 15 is 0 Å². The van der Waals surface area contributed by atoms with Crippen LogP contribution in [0.3, 0.4) is 0 Å². The fourth-order valence-electron chi connectivity index (χ4n) is 2.67. The molecule has 1 aromatic heterocycles. The van der Waals surface area contributed by atoms with Gasteiger partial charge in [0.05, 0.1) is 12.5 Å². The molecule has 2 N–H and O–H groups in total. The standard InChI is InChI=1S/C17H27N3O2/c1-12(2)15(21)11-17(22)19-14-7-9-20(10-8-14)16-6-4-5-13(3)18-16/h4-6,12,14-15,21H,7-11H2,1-3H3,(H,19,22). The molecule has 1 saturated heterocycles. The molecule has 0 aromatic carbocycles. The predicted octanol–water partition coefficient (Wildman–Crippen LogP) is 1.88. The lowest BCUT2D eigenvalue weighted by Crippen LogP contribution is -2.45. The Hall–Kier alpha value is -1.62. The van der Waals surface area contributed by atoms with Crippen LogP contribution in [0.4, 0.5) is 5.82 Å². The van der Waals surface area contributed by atoms with Crippen molar-refractivity contribution in [3.05, 3.63) is 23.9 Å². The molecule has 0 radical (unpaired) electrons. The number of pyridine rings is 1. The van der Waals surface area contributed by atoms with Gasteiger partial charge < -0.3 is 15.3 Å². The van der Waals surface area contributed by atoms with Crippen molar-refractivity contribution in [3.63, 3.8) is 0 Å². The van der Waals surface area contributed by atoms with Gasteiger partial charge in [0.1, 0.15) is 5.82 Å². The maximum atomic E-state index is 11.9. The second kappa shape index (κ2) is 7.58. The maximum Gasteiger partial charge on any atom is 0.222 e. The van der Waals surface area contributed by atoms with Gasteiger partial charge in [-0.05, 0) is 37.8 Å². The summed E-state index contributed by atoms with van der Waals surface area (Å²) in [5.74, 6) is 1.08. The van der Waals surface area contributed by atoms with Crippen LogP contribution in [0.2, 0.25) is 0 Å². The van der Waals surface area contributed by atoms with Gasteiger partial charge in [-0.2, -0.15) is 0 Å². The van der Waals surface area contributed by atoms with Crippen LogP contribution in [0.15, 0.2) is 18.2 Å². The highest BCUT2D eigenvalue weighted by atomic mass is 16.3. The molecule has 0 bridgehead atoms. The zero-order chi connectivity index (χ0) is 16.1. The Balaban J connectivity index is 1.79. The Morgan fingerprint density at radius 3 is 2.68 bits per heavy atom. The number of aromatic nitrogens is 1. The SMILES string of the molecule is Cc1cccc(N2CCC(NC(=O)CC(O)C(C)C)CC2)n1. The zero-order valence-corrected chi connectivity index (χ0v) is 13.7. The maximum absolute atomic E-state index is 11.9. The summed E-state index contributed by atoms with van der Waals surface area (Å²) in [6, 6.07) is 6.26. The number of anilines is 1. The number of hydrogen-bond donors (Lipinski definition) is 2. The van der Waals surface area contributed by atoms with Gasteiger partial charge >= 0.3 is 0 Å². The molecule has 5 heteroatoms. The van der Waals surface area contributed by atoms with E-state index in [-0.39, 0.29) is 24.3 Å². The second-order valence-corrected chi connectivity index (χ2v) is 6.48.